The maximum Gasteiger partial charge on any atom is 0.259 e. The minimum atomic E-state index is -0.245. The molecule has 180 valence electrons. The van der Waals surface area contributed by atoms with E-state index in [2.05, 4.69) is 42.0 Å². The maximum atomic E-state index is 13.4. The van der Waals surface area contributed by atoms with Gasteiger partial charge in [0.2, 0.25) is 0 Å². The maximum absolute atomic E-state index is 13.4. The highest BCUT2D eigenvalue weighted by Crippen LogP contribution is 2.24. The predicted molar refractivity (Wildman–Crippen MR) is 136 cm³/mol. The van der Waals surface area contributed by atoms with Crippen LogP contribution in [-0.4, -0.2) is 51.6 Å². The lowest BCUT2D eigenvalue weighted by Crippen LogP contribution is -2.48. The molecule has 2 aromatic carbocycles. The molecule has 7 heteroatoms. The van der Waals surface area contributed by atoms with Crippen LogP contribution in [0.15, 0.2) is 48.7 Å². The first-order chi connectivity index (χ1) is 16.8. The number of nitrogens with zero attached hydrogens (tertiary/aromatic N) is 5. The van der Waals surface area contributed by atoms with E-state index in [4.69, 9.17) is 4.98 Å². The molecule has 1 fully saturated rings. The van der Waals surface area contributed by atoms with Gasteiger partial charge in [-0.15, -0.1) is 0 Å². The Labute approximate surface area is 205 Å². The minimum absolute atomic E-state index is 0.0488. The molecule has 5 rings (SSSR count). The van der Waals surface area contributed by atoms with E-state index in [0.717, 1.165) is 29.1 Å². The highest BCUT2D eigenvalue weighted by molar-refractivity contribution is 5.99. The van der Waals surface area contributed by atoms with Gasteiger partial charge >= 0.3 is 0 Å². The first-order valence-corrected chi connectivity index (χ1v) is 12.0. The molecule has 1 amide bonds. The van der Waals surface area contributed by atoms with Crippen LogP contribution in [0, 0.1) is 33.5 Å². The van der Waals surface area contributed by atoms with Gasteiger partial charge in [0, 0.05) is 49.7 Å². The predicted octanol–water partition coefficient (Wildman–Crippen LogP) is 4.66. The van der Waals surface area contributed by atoms with Gasteiger partial charge in [0.15, 0.2) is 5.65 Å². The van der Waals surface area contributed by atoms with Gasteiger partial charge in [0.05, 0.1) is 6.20 Å². The summed E-state index contributed by atoms with van der Waals surface area (Å²) in [5.41, 5.74) is 8.95. The van der Waals surface area contributed by atoms with Crippen LogP contribution >= 0.6 is 0 Å². The lowest BCUT2D eigenvalue weighted by molar-refractivity contribution is 0.0748. The number of aryl methyl sites for hydroxylation is 4. The molecule has 1 saturated heterocycles. The van der Waals surface area contributed by atoms with Crippen LogP contribution in [0.2, 0.25) is 0 Å². The van der Waals surface area contributed by atoms with E-state index < -0.39 is 0 Å². The molecule has 0 radical (unpaired) electrons. The Bertz CT molecular complexity index is 1400. The number of carbonyl (C=O) groups excluding carboxylic acids is 1. The van der Waals surface area contributed by atoms with Crippen LogP contribution in [0.1, 0.15) is 44.0 Å². The molecule has 0 N–H and O–H groups in total. The summed E-state index contributed by atoms with van der Waals surface area (Å²) in [4.78, 5) is 22.3. The smallest absolute Gasteiger partial charge is 0.259 e. The normalized spacial score (nSPS) is 14.1. The second-order valence-electron chi connectivity index (χ2n) is 9.42. The number of aromatic nitrogens is 3. The van der Waals surface area contributed by atoms with Crippen molar-refractivity contribution in [2.75, 3.05) is 31.1 Å². The van der Waals surface area contributed by atoms with Gasteiger partial charge in [-0.25, -0.2) is 13.9 Å². The number of piperazine rings is 1. The summed E-state index contributed by atoms with van der Waals surface area (Å²) in [5, 5.41) is 4.55. The summed E-state index contributed by atoms with van der Waals surface area (Å²) in [7, 11) is 0. The topological polar surface area (TPSA) is 53.7 Å². The van der Waals surface area contributed by atoms with Crippen molar-refractivity contribution in [1.29, 1.82) is 0 Å². The average molecular weight is 472 g/mol. The van der Waals surface area contributed by atoms with Crippen LogP contribution in [0.4, 0.5) is 10.1 Å². The molecule has 0 aliphatic carbocycles. The van der Waals surface area contributed by atoms with E-state index in [0.29, 0.717) is 37.4 Å². The van der Waals surface area contributed by atoms with Gasteiger partial charge in [-0.05, 0) is 68.7 Å². The van der Waals surface area contributed by atoms with Crippen LogP contribution in [0.5, 0.6) is 0 Å². The summed E-state index contributed by atoms with van der Waals surface area (Å²) in [6, 6.07) is 13.0. The molecule has 3 heterocycles. The molecule has 0 atom stereocenters. The van der Waals surface area contributed by atoms with E-state index >= 15 is 0 Å². The third kappa shape index (κ3) is 4.38. The zero-order chi connectivity index (χ0) is 24.7. The van der Waals surface area contributed by atoms with Crippen LogP contribution in [0.25, 0.3) is 5.65 Å². The Balaban J connectivity index is 1.37. The molecule has 35 heavy (non-hydrogen) atoms. The zero-order valence-electron chi connectivity index (χ0n) is 20.7. The Morgan fingerprint density at radius 3 is 2.40 bits per heavy atom. The van der Waals surface area contributed by atoms with Crippen molar-refractivity contribution in [3.8, 4) is 0 Å². The average Bonchev–Trinajstić information content (AvgIpc) is 3.28. The number of hydrogen-bond donors (Lipinski definition) is 0. The van der Waals surface area contributed by atoms with Crippen molar-refractivity contribution < 1.29 is 9.18 Å². The number of anilines is 1. The van der Waals surface area contributed by atoms with E-state index in [9.17, 15) is 9.18 Å². The Morgan fingerprint density at radius 1 is 0.971 bits per heavy atom. The van der Waals surface area contributed by atoms with Gasteiger partial charge in [0.25, 0.3) is 5.91 Å². The monoisotopic (exact) mass is 471 g/mol. The van der Waals surface area contributed by atoms with Crippen molar-refractivity contribution in [3.05, 3.63) is 93.7 Å². The minimum Gasteiger partial charge on any atom is -0.368 e. The zero-order valence-corrected chi connectivity index (χ0v) is 20.7. The van der Waals surface area contributed by atoms with Gasteiger partial charge < -0.3 is 9.80 Å². The SMILES string of the molecule is Cc1ccc(C)c(Cc2c(C)nc3c(C(=O)N4CCN(c5ccc(F)cc5)CC4)cnn3c2C)c1. The van der Waals surface area contributed by atoms with Crippen LogP contribution < -0.4 is 4.90 Å². The molecular formula is C28H30FN5O. The Hall–Kier alpha value is -3.74. The number of rotatable bonds is 4. The molecule has 4 aromatic rings. The van der Waals surface area contributed by atoms with Crippen molar-refractivity contribution in [3.63, 3.8) is 0 Å². The van der Waals surface area contributed by atoms with Crippen molar-refractivity contribution in [1.82, 2.24) is 19.5 Å². The van der Waals surface area contributed by atoms with Gasteiger partial charge in [-0.3, -0.25) is 4.79 Å². The number of amides is 1. The van der Waals surface area contributed by atoms with E-state index in [1.165, 1.54) is 28.8 Å². The molecule has 0 bridgehead atoms. The molecule has 0 saturated carbocycles. The van der Waals surface area contributed by atoms with Crippen LogP contribution in [0.3, 0.4) is 0 Å². The molecule has 0 unspecified atom stereocenters. The molecule has 1 aliphatic rings. The van der Waals surface area contributed by atoms with Crippen molar-refractivity contribution >= 4 is 17.2 Å². The van der Waals surface area contributed by atoms with Crippen LogP contribution in [-0.2, 0) is 6.42 Å². The Morgan fingerprint density at radius 2 is 1.69 bits per heavy atom. The van der Waals surface area contributed by atoms with Gasteiger partial charge in [0.1, 0.15) is 11.4 Å². The van der Waals surface area contributed by atoms with Gasteiger partial charge in [-0.2, -0.15) is 5.10 Å². The first-order valence-electron chi connectivity index (χ1n) is 12.0. The van der Waals surface area contributed by atoms with Crippen molar-refractivity contribution in [2.24, 2.45) is 0 Å². The standard InChI is InChI=1S/C28H30FN5O/c1-18-5-6-19(2)22(15-18)16-25-20(3)31-27-26(17-30-34(27)21(25)4)28(35)33-13-11-32(12-14-33)24-9-7-23(29)8-10-24/h5-10,15,17H,11-14,16H2,1-4H3. The number of fused-ring (bicyclic) bond motifs is 1. The fourth-order valence-corrected chi connectivity index (χ4v) is 4.89. The molecule has 0 spiro atoms. The summed E-state index contributed by atoms with van der Waals surface area (Å²) < 4.78 is 15.0. The van der Waals surface area contributed by atoms with Crippen molar-refractivity contribution in [2.45, 2.75) is 34.1 Å². The lowest BCUT2D eigenvalue weighted by atomic mass is 9.97. The van der Waals surface area contributed by atoms with E-state index in [1.807, 2.05) is 18.7 Å². The summed E-state index contributed by atoms with van der Waals surface area (Å²) >= 11 is 0. The molecule has 1 aliphatic heterocycles. The molecular weight excluding hydrogens is 441 g/mol. The highest BCUT2D eigenvalue weighted by Gasteiger charge is 2.26. The van der Waals surface area contributed by atoms with E-state index in [-0.39, 0.29) is 11.7 Å². The summed E-state index contributed by atoms with van der Waals surface area (Å²) in [6.45, 7) is 10.9. The number of carbonyl (C=O) groups is 1. The third-order valence-electron chi connectivity index (χ3n) is 7.07. The first kappa shape index (κ1) is 23.0. The number of hydrogen-bond acceptors (Lipinski definition) is 4. The largest absolute Gasteiger partial charge is 0.368 e. The third-order valence-corrected chi connectivity index (χ3v) is 7.07. The summed E-state index contributed by atoms with van der Waals surface area (Å²) in [5.74, 6) is -0.293. The molecule has 2 aromatic heterocycles. The quantitative estimate of drug-likeness (QED) is 0.435. The second-order valence-corrected chi connectivity index (χ2v) is 9.42. The molecule has 6 nitrogen and oxygen atoms in total. The fraction of sp³-hybridized carbons (Fsp3) is 0.321. The Kier molecular flexibility index (Phi) is 6.01. The van der Waals surface area contributed by atoms with E-state index in [1.54, 1.807) is 22.8 Å². The highest BCUT2D eigenvalue weighted by atomic mass is 19.1. The summed E-state index contributed by atoms with van der Waals surface area (Å²) in [6.07, 6.45) is 2.42. The fourth-order valence-electron chi connectivity index (χ4n) is 4.89. The number of halogens is 1. The number of benzene rings is 2. The lowest BCUT2D eigenvalue weighted by Gasteiger charge is -2.36. The second kappa shape index (κ2) is 9.13. The van der Waals surface area contributed by atoms with Gasteiger partial charge in [-0.1, -0.05) is 23.8 Å².